The Morgan fingerprint density at radius 1 is 1.31 bits per heavy atom. The first kappa shape index (κ1) is 25.1. The first-order valence-electron chi connectivity index (χ1n) is 11.4. The van der Waals surface area contributed by atoms with Gasteiger partial charge in [0.25, 0.3) is 5.91 Å². The van der Waals surface area contributed by atoms with Crippen LogP contribution in [0.5, 0.6) is 0 Å². The Hall–Kier alpha value is -3.98. The number of carbonyl (C=O) groups excluding carboxylic acids is 1. The van der Waals surface area contributed by atoms with Crippen molar-refractivity contribution in [1.82, 2.24) is 29.5 Å². The molecule has 0 aliphatic rings. The Bertz CT molecular complexity index is 1410. The lowest BCUT2D eigenvalue weighted by molar-refractivity contribution is 0.0919. The predicted octanol–water partition coefficient (Wildman–Crippen LogP) is 2.78. The molecule has 4 aromatic rings. The Morgan fingerprint density at radius 3 is 2.94 bits per heavy atom. The Morgan fingerprint density at radius 2 is 2.17 bits per heavy atom. The summed E-state index contributed by atoms with van der Waals surface area (Å²) in [5.74, 6) is 0.391. The SMILES string of the molecule is CCc1cc(Nc2nccn3c(-c4cn(CC#N)nc4Cl)cnc23)ccc1C(=O)NCCOCCN. The van der Waals surface area contributed by atoms with E-state index in [9.17, 15) is 4.79 Å². The van der Waals surface area contributed by atoms with Crippen LogP contribution in [-0.2, 0) is 17.7 Å². The quantitative estimate of drug-likeness (QED) is 0.262. The van der Waals surface area contributed by atoms with Crippen LogP contribution in [0.25, 0.3) is 16.9 Å². The van der Waals surface area contributed by atoms with Gasteiger partial charge in [-0.1, -0.05) is 18.5 Å². The molecule has 1 aromatic carbocycles. The van der Waals surface area contributed by atoms with Gasteiger partial charge in [-0.2, -0.15) is 10.4 Å². The number of anilines is 2. The van der Waals surface area contributed by atoms with Crippen LogP contribution in [0.2, 0.25) is 5.15 Å². The molecule has 0 aliphatic carbocycles. The molecule has 0 radical (unpaired) electrons. The predicted molar refractivity (Wildman–Crippen MR) is 136 cm³/mol. The van der Waals surface area contributed by atoms with Crippen molar-refractivity contribution in [2.75, 3.05) is 31.6 Å². The molecule has 12 heteroatoms. The number of carbonyl (C=O) groups is 1. The second-order valence-electron chi connectivity index (χ2n) is 7.81. The molecule has 36 heavy (non-hydrogen) atoms. The molecule has 3 heterocycles. The molecule has 0 bridgehead atoms. The number of fused-ring (bicyclic) bond motifs is 1. The van der Waals surface area contributed by atoms with Gasteiger partial charge in [-0.15, -0.1) is 0 Å². The normalized spacial score (nSPS) is 10.9. The van der Waals surface area contributed by atoms with E-state index >= 15 is 0 Å². The van der Waals surface area contributed by atoms with E-state index in [1.54, 1.807) is 30.9 Å². The minimum atomic E-state index is -0.151. The number of aromatic nitrogens is 5. The number of hydrogen-bond acceptors (Lipinski definition) is 8. The average molecular weight is 508 g/mol. The summed E-state index contributed by atoms with van der Waals surface area (Å²) in [5.41, 5.74) is 9.66. The van der Waals surface area contributed by atoms with E-state index in [0.717, 1.165) is 16.9 Å². The van der Waals surface area contributed by atoms with Crippen molar-refractivity contribution < 1.29 is 9.53 Å². The van der Waals surface area contributed by atoms with Gasteiger partial charge in [0, 0.05) is 42.9 Å². The summed E-state index contributed by atoms with van der Waals surface area (Å²) >= 11 is 6.31. The van der Waals surface area contributed by atoms with Crippen molar-refractivity contribution in [3.8, 4) is 17.3 Å². The molecular formula is C24H26ClN9O2. The van der Waals surface area contributed by atoms with Crippen molar-refractivity contribution >= 4 is 34.7 Å². The molecule has 0 saturated heterocycles. The minimum Gasteiger partial charge on any atom is -0.378 e. The van der Waals surface area contributed by atoms with E-state index < -0.39 is 0 Å². The van der Waals surface area contributed by atoms with Crippen LogP contribution in [0.4, 0.5) is 11.5 Å². The molecule has 11 nitrogen and oxygen atoms in total. The highest BCUT2D eigenvalue weighted by Gasteiger charge is 2.17. The van der Waals surface area contributed by atoms with Crippen molar-refractivity contribution in [3.05, 3.63) is 59.3 Å². The fourth-order valence-electron chi connectivity index (χ4n) is 3.77. The molecule has 0 saturated carbocycles. The highest BCUT2D eigenvalue weighted by molar-refractivity contribution is 6.32. The van der Waals surface area contributed by atoms with Crippen LogP contribution >= 0.6 is 11.6 Å². The maximum atomic E-state index is 12.6. The summed E-state index contributed by atoms with van der Waals surface area (Å²) in [5, 5.41) is 19.6. The van der Waals surface area contributed by atoms with Gasteiger partial charge in [0.15, 0.2) is 16.6 Å². The molecule has 0 spiro atoms. The number of aryl methyl sites for hydroxylation is 1. The zero-order chi connectivity index (χ0) is 25.5. The van der Waals surface area contributed by atoms with E-state index in [-0.39, 0.29) is 17.6 Å². The van der Waals surface area contributed by atoms with Gasteiger partial charge < -0.3 is 21.1 Å². The number of nitrogens with two attached hydrogens (primary N) is 1. The number of imidazole rings is 1. The van der Waals surface area contributed by atoms with Crippen molar-refractivity contribution in [2.24, 2.45) is 5.73 Å². The van der Waals surface area contributed by atoms with E-state index in [0.29, 0.717) is 55.3 Å². The molecule has 0 unspecified atom stereocenters. The lowest BCUT2D eigenvalue weighted by atomic mass is 10.0. The molecule has 4 N–H and O–H groups in total. The Balaban J connectivity index is 1.55. The van der Waals surface area contributed by atoms with E-state index in [1.165, 1.54) is 4.68 Å². The van der Waals surface area contributed by atoms with Gasteiger partial charge >= 0.3 is 0 Å². The number of nitrogens with zero attached hydrogens (tertiary/aromatic N) is 6. The molecule has 0 aliphatic heterocycles. The van der Waals surface area contributed by atoms with Gasteiger partial charge in [0.1, 0.15) is 6.54 Å². The van der Waals surface area contributed by atoms with E-state index in [1.807, 2.05) is 29.5 Å². The topological polar surface area (TPSA) is 148 Å². The first-order valence-corrected chi connectivity index (χ1v) is 11.8. The highest BCUT2D eigenvalue weighted by Crippen LogP contribution is 2.30. The van der Waals surface area contributed by atoms with Crippen molar-refractivity contribution in [2.45, 2.75) is 19.9 Å². The lowest BCUT2D eigenvalue weighted by Crippen LogP contribution is -2.28. The zero-order valence-electron chi connectivity index (χ0n) is 19.7. The van der Waals surface area contributed by atoms with Crippen LogP contribution in [0.1, 0.15) is 22.8 Å². The number of hydrogen-bond donors (Lipinski definition) is 3. The molecule has 0 atom stereocenters. The third-order valence-corrected chi connectivity index (χ3v) is 5.72. The Kier molecular flexibility index (Phi) is 8.12. The maximum Gasteiger partial charge on any atom is 0.251 e. The van der Waals surface area contributed by atoms with E-state index in [2.05, 4.69) is 25.7 Å². The average Bonchev–Trinajstić information content (AvgIpc) is 3.47. The summed E-state index contributed by atoms with van der Waals surface area (Å²) in [4.78, 5) is 21.6. The van der Waals surface area contributed by atoms with Gasteiger partial charge in [-0.25, -0.2) is 9.97 Å². The number of nitrogens with one attached hydrogen (secondary N) is 2. The molecular weight excluding hydrogens is 482 g/mol. The number of amides is 1. The second-order valence-corrected chi connectivity index (χ2v) is 8.17. The monoisotopic (exact) mass is 507 g/mol. The van der Waals surface area contributed by atoms with Crippen LogP contribution < -0.4 is 16.4 Å². The summed E-state index contributed by atoms with van der Waals surface area (Å²) in [6.45, 7) is 3.84. The fraction of sp³-hybridized carbons (Fsp3) is 0.292. The van der Waals surface area contributed by atoms with Crippen molar-refractivity contribution in [3.63, 3.8) is 0 Å². The van der Waals surface area contributed by atoms with Crippen molar-refractivity contribution in [1.29, 1.82) is 5.26 Å². The summed E-state index contributed by atoms with van der Waals surface area (Å²) in [6.07, 6.45) is 7.51. The first-order chi connectivity index (χ1) is 17.5. The maximum absolute atomic E-state index is 12.6. The molecule has 4 rings (SSSR count). The van der Waals surface area contributed by atoms with Gasteiger partial charge in [-0.3, -0.25) is 13.9 Å². The van der Waals surface area contributed by atoms with Gasteiger partial charge in [0.2, 0.25) is 0 Å². The summed E-state index contributed by atoms with van der Waals surface area (Å²) < 4.78 is 8.64. The molecule has 1 amide bonds. The molecule has 0 fully saturated rings. The van der Waals surface area contributed by atoms with Crippen LogP contribution in [0.15, 0.2) is 43.0 Å². The molecule has 186 valence electrons. The summed E-state index contributed by atoms with van der Waals surface area (Å²) in [6, 6.07) is 7.59. The number of nitriles is 1. The smallest absolute Gasteiger partial charge is 0.251 e. The van der Waals surface area contributed by atoms with Crippen LogP contribution in [0, 0.1) is 11.3 Å². The molecule has 3 aromatic heterocycles. The lowest BCUT2D eigenvalue weighted by Gasteiger charge is -2.13. The third-order valence-electron chi connectivity index (χ3n) is 5.44. The second kappa shape index (κ2) is 11.6. The van der Waals surface area contributed by atoms with Gasteiger partial charge in [0.05, 0.1) is 36.7 Å². The van der Waals surface area contributed by atoms with Crippen LogP contribution in [-0.4, -0.2) is 56.4 Å². The number of rotatable bonds is 11. The minimum absolute atomic E-state index is 0.0979. The number of ether oxygens (including phenoxy) is 1. The highest BCUT2D eigenvalue weighted by atomic mass is 35.5. The Labute approximate surface area is 212 Å². The largest absolute Gasteiger partial charge is 0.378 e. The standard InChI is InChI=1S/C24H26ClN9O2/c1-2-16-13-17(3-4-18(16)24(35)29-8-12-36-11-6-27)31-22-23-30-14-20(34(23)10-7-28-22)19-15-33(9-5-26)32-21(19)25/h3-4,7,10,13-15H,2,6,8-9,11-12,27H2,1H3,(H,28,31)(H,29,35). The third kappa shape index (κ3) is 5.46. The fourth-order valence-corrected chi connectivity index (χ4v) is 4.01. The zero-order valence-corrected chi connectivity index (χ0v) is 20.5. The number of halogens is 1. The van der Waals surface area contributed by atoms with E-state index in [4.69, 9.17) is 27.3 Å². The van der Waals surface area contributed by atoms with Crippen LogP contribution in [0.3, 0.4) is 0 Å². The van der Waals surface area contributed by atoms with Gasteiger partial charge in [-0.05, 0) is 30.2 Å². The number of benzene rings is 1. The summed E-state index contributed by atoms with van der Waals surface area (Å²) in [7, 11) is 0.